The van der Waals surface area contributed by atoms with Gasteiger partial charge in [-0.1, -0.05) is 12.1 Å². The number of rotatable bonds is 10. The summed E-state index contributed by atoms with van der Waals surface area (Å²) in [5, 5.41) is 11.0. The fourth-order valence-electron chi connectivity index (χ4n) is 3.06. The van der Waals surface area contributed by atoms with E-state index in [1.54, 1.807) is 25.3 Å². The number of hydrogen-bond acceptors (Lipinski definition) is 7. The number of hydrogen-bond donors (Lipinski definition) is 2. The predicted octanol–water partition coefficient (Wildman–Crippen LogP) is 2.15. The van der Waals surface area contributed by atoms with Crippen molar-refractivity contribution in [2.75, 3.05) is 27.9 Å². The molecular formula is C23H26N4O5. The van der Waals surface area contributed by atoms with Crippen molar-refractivity contribution in [2.24, 2.45) is 0 Å². The summed E-state index contributed by atoms with van der Waals surface area (Å²) in [5.74, 6) is 2.07. The van der Waals surface area contributed by atoms with Gasteiger partial charge in [-0.3, -0.25) is 9.59 Å². The molecule has 3 rings (SSSR count). The fraction of sp³-hybridized carbons (Fsp3) is 0.304. The van der Waals surface area contributed by atoms with Crippen LogP contribution in [0.4, 0.5) is 0 Å². The molecule has 0 aliphatic rings. The van der Waals surface area contributed by atoms with Gasteiger partial charge < -0.3 is 24.5 Å². The molecule has 3 aromatic rings. The molecule has 1 aromatic heterocycles. The minimum Gasteiger partial charge on any atom is -0.497 e. The van der Waals surface area contributed by atoms with E-state index in [9.17, 15) is 9.59 Å². The number of methoxy groups -OCH3 is 3. The molecule has 168 valence electrons. The van der Waals surface area contributed by atoms with Gasteiger partial charge in [-0.25, -0.2) is 0 Å². The van der Waals surface area contributed by atoms with E-state index in [4.69, 9.17) is 14.2 Å². The summed E-state index contributed by atoms with van der Waals surface area (Å²) in [5.41, 5.74) is 1.52. The third-order valence-electron chi connectivity index (χ3n) is 4.87. The monoisotopic (exact) mass is 438 g/mol. The molecule has 0 bridgehead atoms. The summed E-state index contributed by atoms with van der Waals surface area (Å²) in [6.07, 6.45) is 1.04. The maximum atomic E-state index is 12.4. The first kappa shape index (κ1) is 22.8. The molecule has 0 saturated heterocycles. The summed E-state index contributed by atoms with van der Waals surface area (Å²) >= 11 is 0. The Morgan fingerprint density at radius 3 is 2.16 bits per heavy atom. The second kappa shape index (κ2) is 10.9. The van der Waals surface area contributed by atoms with Crippen LogP contribution in [0.1, 0.15) is 17.7 Å². The number of nitrogens with zero attached hydrogens (tertiary/aromatic N) is 2. The lowest BCUT2D eigenvalue weighted by molar-refractivity contribution is -0.121. The summed E-state index contributed by atoms with van der Waals surface area (Å²) in [4.78, 5) is 27.3. The number of carbonyl (C=O) groups excluding carboxylic acids is 1. The number of H-pyrrole nitrogens is 1. The summed E-state index contributed by atoms with van der Waals surface area (Å²) in [6, 6.07) is 12.8. The van der Waals surface area contributed by atoms with Crippen LogP contribution in [0.15, 0.2) is 47.3 Å². The van der Waals surface area contributed by atoms with Gasteiger partial charge in [0, 0.05) is 31.0 Å². The molecule has 1 amide bonds. The Kier molecular flexibility index (Phi) is 7.80. The van der Waals surface area contributed by atoms with E-state index in [0.717, 1.165) is 11.3 Å². The maximum Gasteiger partial charge on any atom is 0.273 e. The third-order valence-corrected chi connectivity index (χ3v) is 4.87. The maximum absolute atomic E-state index is 12.4. The van der Waals surface area contributed by atoms with Crippen molar-refractivity contribution in [1.82, 2.24) is 20.5 Å². The first-order chi connectivity index (χ1) is 15.5. The highest BCUT2D eigenvalue weighted by Crippen LogP contribution is 2.27. The highest BCUT2D eigenvalue weighted by Gasteiger charge is 2.11. The Bertz CT molecular complexity index is 1090. The number of carbonyl (C=O) groups is 1. The number of aryl methyl sites for hydroxylation is 1. The molecular weight excluding hydrogens is 412 g/mol. The average molecular weight is 438 g/mol. The smallest absolute Gasteiger partial charge is 0.273 e. The second-order valence-corrected chi connectivity index (χ2v) is 7.00. The van der Waals surface area contributed by atoms with Crippen LogP contribution in [0.25, 0.3) is 11.4 Å². The molecule has 0 saturated carbocycles. The van der Waals surface area contributed by atoms with Gasteiger partial charge in [0.05, 0.1) is 21.3 Å². The summed E-state index contributed by atoms with van der Waals surface area (Å²) < 4.78 is 15.6. The largest absolute Gasteiger partial charge is 0.497 e. The van der Waals surface area contributed by atoms with E-state index in [0.29, 0.717) is 35.9 Å². The molecule has 0 aliphatic carbocycles. The van der Waals surface area contributed by atoms with E-state index in [2.05, 4.69) is 20.5 Å². The lowest BCUT2D eigenvalue weighted by Crippen LogP contribution is -2.27. The van der Waals surface area contributed by atoms with Crippen molar-refractivity contribution >= 4 is 5.91 Å². The third kappa shape index (κ3) is 6.07. The van der Waals surface area contributed by atoms with E-state index in [1.807, 2.05) is 24.3 Å². The van der Waals surface area contributed by atoms with Crippen LogP contribution in [0.2, 0.25) is 0 Å². The topological polar surface area (TPSA) is 115 Å². The first-order valence-corrected chi connectivity index (χ1v) is 10.1. The predicted molar refractivity (Wildman–Crippen MR) is 119 cm³/mol. The minimum atomic E-state index is -0.386. The Balaban J connectivity index is 1.54. The van der Waals surface area contributed by atoms with Crippen molar-refractivity contribution in [2.45, 2.75) is 19.3 Å². The van der Waals surface area contributed by atoms with Crippen molar-refractivity contribution in [3.05, 3.63) is 64.1 Å². The molecule has 1 heterocycles. The Labute approximate surface area is 185 Å². The molecule has 0 unspecified atom stereocenters. The van der Waals surface area contributed by atoms with Gasteiger partial charge in [0.25, 0.3) is 5.56 Å². The van der Waals surface area contributed by atoms with Crippen LogP contribution in [-0.4, -0.2) is 49.0 Å². The highest BCUT2D eigenvalue weighted by atomic mass is 16.5. The number of amides is 1. The van der Waals surface area contributed by atoms with Crippen molar-refractivity contribution < 1.29 is 19.0 Å². The Hall–Kier alpha value is -3.88. The first-order valence-electron chi connectivity index (χ1n) is 10.1. The summed E-state index contributed by atoms with van der Waals surface area (Å²) in [6.45, 7) is 0.504. The Morgan fingerprint density at radius 1 is 0.906 bits per heavy atom. The van der Waals surface area contributed by atoms with Gasteiger partial charge in [-0.05, 0) is 36.2 Å². The van der Waals surface area contributed by atoms with E-state index in [1.165, 1.54) is 14.2 Å². The molecule has 9 nitrogen and oxygen atoms in total. The van der Waals surface area contributed by atoms with Crippen molar-refractivity contribution in [3.63, 3.8) is 0 Å². The molecule has 2 N–H and O–H groups in total. The van der Waals surface area contributed by atoms with E-state index >= 15 is 0 Å². The molecule has 0 radical (unpaired) electrons. The Morgan fingerprint density at radius 2 is 1.56 bits per heavy atom. The van der Waals surface area contributed by atoms with Crippen LogP contribution in [0, 0.1) is 0 Å². The second-order valence-electron chi connectivity index (χ2n) is 7.00. The number of aromatic amines is 1. The molecule has 32 heavy (non-hydrogen) atoms. The van der Waals surface area contributed by atoms with Crippen molar-refractivity contribution in [1.29, 1.82) is 0 Å². The lowest BCUT2D eigenvalue weighted by atomic mass is 10.1. The number of nitrogens with one attached hydrogen (secondary N) is 2. The van der Waals surface area contributed by atoms with Crippen LogP contribution < -0.4 is 25.1 Å². The molecule has 0 fully saturated rings. The number of benzene rings is 2. The number of aromatic nitrogens is 3. The minimum absolute atomic E-state index is 0.146. The average Bonchev–Trinajstić information content (AvgIpc) is 2.83. The van der Waals surface area contributed by atoms with Gasteiger partial charge in [-0.15, -0.1) is 10.2 Å². The molecule has 2 aromatic carbocycles. The molecule has 9 heteroatoms. The van der Waals surface area contributed by atoms with E-state index < -0.39 is 0 Å². The number of ether oxygens (including phenoxy) is 3. The summed E-state index contributed by atoms with van der Waals surface area (Å²) in [7, 11) is 4.70. The van der Waals surface area contributed by atoms with Gasteiger partial charge in [0.15, 0.2) is 5.82 Å². The highest BCUT2D eigenvalue weighted by molar-refractivity contribution is 5.76. The standard InChI is InChI=1S/C23H26N4O5/c1-30-17-6-4-15(5-7-17)10-11-24-21(28)9-8-20-23(29)25-22(27-26-20)16-12-18(31-2)14-19(13-16)32-3/h4-7,12-14H,8-11H2,1-3H3,(H,24,28)(H,25,27,29). The zero-order valence-corrected chi connectivity index (χ0v) is 18.3. The van der Waals surface area contributed by atoms with Gasteiger partial charge in [0.2, 0.25) is 5.91 Å². The lowest BCUT2D eigenvalue weighted by Gasteiger charge is -2.08. The van der Waals surface area contributed by atoms with Gasteiger partial charge >= 0.3 is 0 Å². The van der Waals surface area contributed by atoms with Crippen LogP contribution in [0.3, 0.4) is 0 Å². The van der Waals surface area contributed by atoms with Crippen LogP contribution in [-0.2, 0) is 17.6 Å². The molecule has 0 aliphatic heterocycles. The van der Waals surface area contributed by atoms with Gasteiger partial charge in [-0.2, -0.15) is 0 Å². The molecule has 0 atom stereocenters. The fourth-order valence-corrected chi connectivity index (χ4v) is 3.06. The normalized spacial score (nSPS) is 10.5. The zero-order valence-electron chi connectivity index (χ0n) is 18.3. The van der Waals surface area contributed by atoms with Crippen LogP contribution >= 0.6 is 0 Å². The van der Waals surface area contributed by atoms with Crippen LogP contribution in [0.5, 0.6) is 17.2 Å². The van der Waals surface area contributed by atoms with E-state index in [-0.39, 0.29) is 30.0 Å². The van der Waals surface area contributed by atoms with Gasteiger partial charge in [0.1, 0.15) is 22.9 Å². The molecule has 0 spiro atoms. The SMILES string of the molecule is COc1ccc(CCNC(=O)CCc2nnc(-c3cc(OC)cc(OC)c3)[nH]c2=O)cc1. The zero-order chi connectivity index (χ0) is 22.9. The van der Waals surface area contributed by atoms with Crippen molar-refractivity contribution in [3.8, 4) is 28.6 Å². The quantitative estimate of drug-likeness (QED) is 0.498.